The van der Waals surface area contributed by atoms with Gasteiger partial charge >= 0.3 is 5.97 Å². The molecule has 2 rings (SSSR count). The predicted octanol–water partition coefficient (Wildman–Crippen LogP) is 3.12. The van der Waals surface area contributed by atoms with Crippen LogP contribution in [-0.2, 0) is 11.3 Å². The van der Waals surface area contributed by atoms with Gasteiger partial charge in [0.25, 0.3) is 0 Å². The molecule has 0 radical (unpaired) electrons. The molecule has 100 valence electrons. The molecule has 4 nitrogen and oxygen atoms in total. The highest BCUT2D eigenvalue weighted by molar-refractivity contribution is 7.07. The van der Waals surface area contributed by atoms with Crippen LogP contribution in [0.1, 0.15) is 22.8 Å². The summed E-state index contributed by atoms with van der Waals surface area (Å²) in [5.41, 5.74) is 8.67. The van der Waals surface area contributed by atoms with Crippen molar-refractivity contribution in [2.24, 2.45) is 0 Å². The molecule has 0 aliphatic carbocycles. The second kappa shape index (κ2) is 6.24. The lowest BCUT2D eigenvalue weighted by Gasteiger charge is -2.09. The van der Waals surface area contributed by atoms with Gasteiger partial charge in [-0.15, -0.1) is 0 Å². The van der Waals surface area contributed by atoms with Crippen molar-refractivity contribution in [3.8, 4) is 0 Å². The molecule has 19 heavy (non-hydrogen) atoms. The third-order valence-electron chi connectivity index (χ3n) is 2.63. The first-order valence-electron chi connectivity index (χ1n) is 6.02. The van der Waals surface area contributed by atoms with Gasteiger partial charge in [-0.2, -0.15) is 11.3 Å². The third-order valence-corrected chi connectivity index (χ3v) is 3.36. The van der Waals surface area contributed by atoms with Gasteiger partial charge in [0.15, 0.2) is 0 Å². The Bertz CT molecular complexity index is 553. The number of thiophene rings is 1. The summed E-state index contributed by atoms with van der Waals surface area (Å²) in [6.45, 7) is 2.83. The fourth-order valence-corrected chi connectivity index (χ4v) is 2.32. The quantitative estimate of drug-likeness (QED) is 0.650. The fourth-order valence-electron chi connectivity index (χ4n) is 1.65. The van der Waals surface area contributed by atoms with Crippen LogP contribution in [0.3, 0.4) is 0 Å². The first-order chi connectivity index (χ1) is 9.20. The van der Waals surface area contributed by atoms with Crippen LogP contribution in [-0.4, -0.2) is 12.6 Å². The van der Waals surface area contributed by atoms with Crippen LogP contribution in [0.15, 0.2) is 35.0 Å². The van der Waals surface area contributed by atoms with Gasteiger partial charge in [-0.05, 0) is 47.5 Å². The van der Waals surface area contributed by atoms with E-state index >= 15 is 0 Å². The number of nitrogen functional groups attached to an aromatic ring is 1. The van der Waals surface area contributed by atoms with Crippen LogP contribution in [0.25, 0.3) is 0 Å². The molecule has 0 saturated carbocycles. The molecule has 0 bridgehead atoms. The van der Waals surface area contributed by atoms with Gasteiger partial charge in [0.1, 0.15) is 0 Å². The van der Waals surface area contributed by atoms with E-state index in [1.807, 2.05) is 11.4 Å². The molecule has 0 atom stereocenters. The molecular weight excluding hydrogens is 260 g/mol. The van der Waals surface area contributed by atoms with Crippen LogP contribution in [0.4, 0.5) is 11.4 Å². The van der Waals surface area contributed by atoms with Crippen molar-refractivity contribution < 1.29 is 9.53 Å². The van der Waals surface area contributed by atoms with Crippen LogP contribution in [0, 0.1) is 0 Å². The minimum atomic E-state index is -0.390. The Labute approximate surface area is 116 Å². The van der Waals surface area contributed by atoms with E-state index in [1.165, 1.54) is 5.56 Å². The van der Waals surface area contributed by atoms with Gasteiger partial charge < -0.3 is 15.8 Å². The van der Waals surface area contributed by atoms with Gasteiger partial charge in [-0.1, -0.05) is 0 Å². The minimum Gasteiger partial charge on any atom is -0.462 e. The average molecular weight is 276 g/mol. The van der Waals surface area contributed by atoms with Crippen molar-refractivity contribution in [2.45, 2.75) is 13.5 Å². The molecule has 0 aliphatic rings. The molecule has 5 heteroatoms. The van der Waals surface area contributed by atoms with E-state index < -0.39 is 0 Å². The Kier molecular flexibility index (Phi) is 4.41. The van der Waals surface area contributed by atoms with Crippen LogP contribution >= 0.6 is 11.3 Å². The van der Waals surface area contributed by atoms with E-state index in [1.54, 1.807) is 30.4 Å². The van der Waals surface area contributed by atoms with Crippen LogP contribution in [0.2, 0.25) is 0 Å². The monoisotopic (exact) mass is 276 g/mol. The maximum absolute atomic E-state index is 11.7. The zero-order chi connectivity index (χ0) is 13.7. The lowest BCUT2D eigenvalue weighted by molar-refractivity contribution is 0.0527. The number of carbonyl (C=O) groups excluding carboxylic acids is 1. The molecule has 1 aromatic heterocycles. The molecule has 0 unspecified atom stereocenters. The second-order valence-corrected chi connectivity index (χ2v) is 4.79. The summed E-state index contributed by atoms with van der Waals surface area (Å²) in [5.74, 6) is -0.390. The van der Waals surface area contributed by atoms with Crippen molar-refractivity contribution >= 4 is 28.7 Å². The molecular formula is C14H16N2O2S. The van der Waals surface area contributed by atoms with Crippen molar-refractivity contribution in [3.63, 3.8) is 0 Å². The van der Waals surface area contributed by atoms with E-state index in [9.17, 15) is 4.79 Å². The number of anilines is 2. The summed E-state index contributed by atoms with van der Waals surface area (Å²) < 4.78 is 4.97. The van der Waals surface area contributed by atoms with E-state index in [0.29, 0.717) is 17.9 Å². The number of hydrogen-bond donors (Lipinski definition) is 2. The number of hydrogen-bond acceptors (Lipinski definition) is 5. The molecule has 2 aromatic rings. The van der Waals surface area contributed by atoms with Gasteiger partial charge in [-0.25, -0.2) is 4.79 Å². The maximum atomic E-state index is 11.7. The Hall–Kier alpha value is -2.01. The van der Waals surface area contributed by atoms with Crippen molar-refractivity contribution in [2.75, 3.05) is 17.7 Å². The molecule has 3 N–H and O–H groups in total. The van der Waals surface area contributed by atoms with Gasteiger partial charge in [-0.3, -0.25) is 0 Å². The molecule has 1 heterocycles. The lowest BCUT2D eigenvalue weighted by atomic mass is 10.1. The molecule has 0 aliphatic heterocycles. The first kappa shape index (κ1) is 13.4. The smallest absolute Gasteiger partial charge is 0.340 e. The summed E-state index contributed by atoms with van der Waals surface area (Å²) >= 11 is 1.66. The number of nitrogens with two attached hydrogens (primary N) is 1. The second-order valence-electron chi connectivity index (χ2n) is 4.01. The van der Waals surface area contributed by atoms with E-state index in [2.05, 4.69) is 16.8 Å². The number of ether oxygens (including phenoxy) is 1. The topological polar surface area (TPSA) is 64.3 Å². The van der Waals surface area contributed by atoms with Crippen LogP contribution < -0.4 is 11.1 Å². The van der Waals surface area contributed by atoms with Gasteiger partial charge in [0, 0.05) is 17.9 Å². The Balaban J connectivity index is 2.09. The molecule has 0 saturated heterocycles. The number of nitrogens with one attached hydrogen (secondary N) is 1. The normalized spacial score (nSPS) is 10.2. The van der Waals surface area contributed by atoms with E-state index in [4.69, 9.17) is 10.5 Å². The molecule has 0 spiro atoms. The SMILES string of the molecule is CCOC(=O)c1cc(NCc2ccsc2)ccc1N. The molecule has 0 amide bonds. The van der Waals surface area contributed by atoms with Crippen molar-refractivity contribution in [1.82, 2.24) is 0 Å². The van der Waals surface area contributed by atoms with Crippen LogP contribution in [0.5, 0.6) is 0 Å². The van der Waals surface area contributed by atoms with Crippen molar-refractivity contribution in [1.29, 1.82) is 0 Å². The summed E-state index contributed by atoms with van der Waals surface area (Å²) in [6, 6.07) is 7.34. The predicted molar refractivity (Wildman–Crippen MR) is 78.5 cm³/mol. The highest BCUT2D eigenvalue weighted by Gasteiger charge is 2.11. The fraction of sp³-hybridized carbons (Fsp3) is 0.214. The van der Waals surface area contributed by atoms with Gasteiger partial charge in [0.05, 0.1) is 12.2 Å². The Morgan fingerprint density at radius 1 is 1.42 bits per heavy atom. The first-order valence-corrected chi connectivity index (χ1v) is 6.96. The minimum absolute atomic E-state index is 0.338. The largest absolute Gasteiger partial charge is 0.462 e. The summed E-state index contributed by atoms with van der Waals surface area (Å²) in [7, 11) is 0. The molecule has 0 fully saturated rings. The number of benzene rings is 1. The maximum Gasteiger partial charge on any atom is 0.340 e. The Morgan fingerprint density at radius 2 is 2.26 bits per heavy atom. The van der Waals surface area contributed by atoms with Crippen molar-refractivity contribution in [3.05, 3.63) is 46.2 Å². The standard InChI is InChI=1S/C14H16N2O2S/c1-2-18-14(17)12-7-11(3-4-13(12)15)16-8-10-5-6-19-9-10/h3-7,9,16H,2,8,15H2,1H3. The summed E-state index contributed by atoms with van der Waals surface area (Å²) in [4.78, 5) is 11.7. The lowest BCUT2D eigenvalue weighted by Crippen LogP contribution is -2.09. The summed E-state index contributed by atoms with van der Waals surface area (Å²) in [6.07, 6.45) is 0. The number of esters is 1. The summed E-state index contributed by atoms with van der Waals surface area (Å²) in [5, 5.41) is 7.37. The third kappa shape index (κ3) is 3.48. The number of carbonyl (C=O) groups is 1. The Morgan fingerprint density at radius 3 is 2.95 bits per heavy atom. The highest BCUT2D eigenvalue weighted by Crippen LogP contribution is 2.20. The average Bonchev–Trinajstić information content (AvgIpc) is 2.91. The zero-order valence-corrected chi connectivity index (χ0v) is 11.5. The van der Waals surface area contributed by atoms with Gasteiger partial charge in [0.2, 0.25) is 0 Å². The highest BCUT2D eigenvalue weighted by atomic mass is 32.1. The molecule has 1 aromatic carbocycles. The van der Waals surface area contributed by atoms with E-state index in [0.717, 1.165) is 12.2 Å². The van der Waals surface area contributed by atoms with E-state index in [-0.39, 0.29) is 5.97 Å². The zero-order valence-electron chi connectivity index (χ0n) is 10.7. The number of rotatable bonds is 5.